The second-order valence-electron chi connectivity index (χ2n) is 5.44. The molecule has 2 aromatic rings. The van der Waals surface area contributed by atoms with Gasteiger partial charge in [0, 0.05) is 9.14 Å². The topological polar surface area (TPSA) is 59.9 Å². The van der Waals surface area contributed by atoms with Crippen LogP contribution in [-0.4, -0.2) is 23.6 Å². The highest BCUT2D eigenvalue weighted by Crippen LogP contribution is 2.36. The third-order valence-electron chi connectivity index (χ3n) is 3.86. The summed E-state index contributed by atoms with van der Waals surface area (Å²) in [7, 11) is -3.44. The van der Waals surface area contributed by atoms with Gasteiger partial charge in [-0.3, -0.25) is 0 Å². The Hall–Kier alpha value is -0.990. The first-order valence-electron chi connectivity index (χ1n) is 7.07. The van der Waals surface area contributed by atoms with Crippen LogP contribution in [0, 0.1) is 6.92 Å². The number of rotatable bonds is 2. The predicted octanol–water partition coefficient (Wildman–Crippen LogP) is 4.00. The Bertz CT molecular complexity index is 879. The highest BCUT2D eigenvalue weighted by Gasteiger charge is 2.29. The van der Waals surface area contributed by atoms with E-state index < -0.39 is 15.1 Å². The normalized spacial score (nSPS) is 18.0. The third-order valence-corrected chi connectivity index (χ3v) is 7.15. The van der Waals surface area contributed by atoms with Crippen LogP contribution in [0.4, 0.5) is 0 Å². The lowest BCUT2D eigenvalue weighted by atomic mass is 10.2. The highest BCUT2D eigenvalue weighted by atomic mass is 127. The first-order valence-corrected chi connectivity index (χ1v) is 10.1. The van der Waals surface area contributed by atoms with Crippen molar-refractivity contribution in [3.05, 3.63) is 58.6 Å². The van der Waals surface area contributed by atoms with E-state index in [0.717, 1.165) is 20.4 Å². The zero-order valence-electron chi connectivity index (χ0n) is 12.3. The van der Waals surface area contributed by atoms with Gasteiger partial charge in [0.1, 0.15) is 11.5 Å². The van der Waals surface area contributed by atoms with Crippen LogP contribution in [0.1, 0.15) is 23.2 Å². The molecule has 1 atom stereocenters. The summed E-state index contributed by atoms with van der Waals surface area (Å²) in [5.41, 5.74) is 2.58. The molecule has 1 heterocycles. The van der Waals surface area contributed by atoms with E-state index in [-0.39, 0.29) is 0 Å². The average Bonchev–Trinajstić information content (AvgIpc) is 2.68. The molecular weight excluding hydrogens is 447 g/mol. The molecule has 3 rings (SSSR count). The van der Waals surface area contributed by atoms with E-state index in [0.29, 0.717) is 22.9 Å². The molecule has 0 bridgehead atoms. The molecule has 7 heteroatoms. The smallest absolute Gasteiger partial charge is 0.184 e. The van der Waals surface area contributed by atoms with Crippen LogP contribution in [0.3, 0.4) is 0 Å². The number of benzene rings is 1. The van der Waals surface area contributed by atoms with Crippen molar-refractivity contribution in [3.63, 3.8) is 0 Å². The van der Waals surface area contributed by atoms with Crippen molar-refractivity contribution in [2.75, 3.05) is 0 Å². The maximum atomic E-state index is 12.9. The van der Waals surface area contributed by atoms with Gasteiger partial charge < -0.3 is 0 Å². The van der Waals surface area contributed by atoms with E-state index in [4.69, 9.17) is 11.6 Å². The number of fused-ring (bicyclic) bond motifs is 1. The van der Waals surface area contributed by atoms with Crippen molar-refractivity contribution in [1.82, 2.24) is 9.97 Å². The average molecular weight is 461 g/mol. The third kappa shape index (κ3) is 3.29. The zero-order chi connectivity index (χ0) is 16.6. The number of hydrogen-bond donors (Lipinski definition) is 0. The summed E-state index contributed by atoms with van der Waals surface area (Å²) in [4.78, 5) is 8.60. The van der Waals surface area contributed by atoms with Crippen molar-refractivity contribution in [2.45, 2.75) is 29.9 Å². The fourth-order valence-electron chi connectivity index (χ4n) is 2.58. The molecule has 0 aliphatic heterocycles. The quantitative estimate of drug-likeness (QED) is 0.502. The molecule has 1 aliphatic carbocycles. The lowest BCUT2D eigenvalue weighted by Gasteiger charge is -2.13. The summed E-state index contributed by atoms with van der Waals surface area (Å²) in [6, 6.07) is 6.96. The summed E-state index contributed by atoms with van der Waals surface area (Å²) in [5.74, 6) is 0. The van der Waals surface area contributed by atoms with Crippen LogP contribution in [0.25, 0.3) is 3.58 Å². The Balaban J connectivity index is 2.03. The minimum Gasteiger partial charge on any atom is -0.241 e. The van der Waals surface area contributed by atoms with E-state index in [2.05, 4.69) is 32.6 Å². The molecule has 0 amide bonds. The van der Waals surface area contributed by atoms with Crippen molar-refractivity contribution >= 4 is 47.6 Å². The summed E-state index contributed by atoms with van der Waals surface area (Å²) in [5, 5.41) is -0.230. The van der Waals surface area contributed by atoms with Gasteiger partial charge in [-0.15, -0.1) is 0 Å². The maximum absolute atomic E-state index is 12.9. The number of aromatic nitrogens is 2. The van der Waals surface area contributed by atoms with Gasteiger partial charge in [-0.05, 0) is 54.5 Å². The number of aryl methyl sites for hydroxylation is 2. The Kier molecular flexibility index (Phi) is 4.75. The van der Waals surface area contributed by atoms with Crippen LogP contribution in [0.2, 0.25) is 5.15 Å². The fraction of sp³-hybridized carbons (Fsp3) is 0.250. The Labute approximate surface area is 154 Å². The molecule has 0 spiro atoms. The number of hydrogen-bond acceptors (Lipinski definition) is 4. The fourth-order valence-corrected chi connectivity index (χ4v) is 5.85. The Morgan fingerprint density at radius 2 is 1.91 bits per heavy atom. The summed E-state index contributed by atoms with van der Waals surface area (Å²) in [6.07, 6.45) is 4.20. The summed E-state index contributed by atoms with van der Waals surface area (Å²) in [6.45, 7) is 1.93. The van der Waals surface area contributed by atoms with Crippen molar-refractivity contribution in [2.24, 2.45) is 0 Å². The number of halogens is 2. The van der Waals surface area contributed by atoms with Gasteiger partial charge in [-0.2, -0.15) is 0 Å². The molecule has 0 N–H and O–H groups in total. The van der Waals surface area contributed by atoms with E-state index >= 15 is 0 Å². The van der Waals surface area contributed by atoms with E-state index in [1.54, 1.807) is 18.2 Å². The van der Waals surface area contributed by atoms with Crippen LogP contribution in [0.15, 0.2) is 41.6 Å². The molecule has 0 unspecified atom stereocenters. The van der Waals surface area contributed by atoms with Gasteiger partial charge in [0.2, 0.25) is 0 Å². The molecule has 0 fully saturated rings. The van der Waals surface area contributed by atoms with Crippen LogP contribution >= 0.6 is 34.2 Å². The summed E-state index contributed by atoms with van der Waals surface area (Å²) < 4.78 is 26.6. The molecule has 120 valence electrons. The first-order chi connectivity index (χ1) is 10.9. The van der Waals surface area contributed by atoms with E-state index in [9.17, 15) is 8.42 Å². The molecule has 4 nitrogen and oxygen atoms in total. The molecule has 1 aromatic carbocycles. The number of sulfone groups is 1. The van der Waals surface area contributed by atoms with Crippen molar-refractivity contribution in [1.29, 1.82) is 0 Å². The molecule has 0 saturated heterocycles. The molecular formula is C16H14ClIN2O2S. The maximum Gasteiger partial charge on any atom is 0.184 e. The SMILES string of the molecule is Cc1ccc(S(=O)(=O)[C@H]2C=C(I)c3c(Cl)ncnc3CC2)cc1. The van der Waals surface area contributed by atoms with Crippen molar-refractivity contribution in [3.8, 4) is 0 Å². The molecule has 1 aromatic heterocycles. The highest BCUT2D eigenvalue weighted by molar-refractivity contribution is 14.1. The minimum absolute atomic E-state index is 0.344. The Morgan fingerprint density at radius 3 is 2.61 bits per heavy atom. The van der Waals surface area contributed by atoms with E-state index in [1.807, 2.05) is 19.1 Å². The zero-order valence-corrected chi connectivity index (χ0v) is 16.1. The van der Waals surface area contributed by atoms with Gasteiger partial charge in [0.25, 0.3) is 0 Å². The predicted molar refractivity (Wildman–Crippen MR) is 99.5 cm³/mol. The standard InChI is InChI=1S/C16H14ClIN2O2S/c1-10-2-4-11(5-3-10)23(21,22)12-6-7-14-15(13(18)8-12)16(17)20-9-19-14/h2-5,8-9,12H,6-7H2,1H3/t12-/m1/s1. The monoisotopic (exact) mass is 460 g/mol. The molecule has 0 radical (unpaired) electrons. The van der Waals surface area contributed by atoms with Crippen molar-refractivity contribution < 1.29 is 8.42 Å². The van der Waals surface area contributed by atoms with Gasteiger partial charge in [-0.25, -0.2) is 18.4 Å². The largest absolute Gasteiger partial charge is 0.241 e. The summed E-state index contributed by atoms with van der Waals surface area (Å²) >= 11 is 8.27. The second kappa shape index (κ2) is 6.49. The Morgan fingerprint density at radius 1 is 1.22 bits per heavy atom. The van der Waals surface area contributed by atoms with Crippen LogP contribution in [-0.2, 0) is 16.3 Å². The van der Waals surface area contributed by atoms with Gasteiger partial charge in [0.05, 0.1) is 15.8 Å². The number of nitrogens with zero attached hydrogens (tertiary/aromatic N) is 2. The minimum atomic E-state index is -3.44. The lowest BCUT2D eigenvalue weighted by molar-refractivity contribution is 0.584. The van der Waals surface area contributed by atoms with E-state index in [1.165, 1.54) is 6.33 Å². The van der Waals surface area contributed by atoms with Crippen LogP contribution in [0.5, 0.6) is 0 Å². The molecule has 23 heavy (non-hydrogen) atoms. The van der Waals surface area contributed by atoms with Gasteiger partial charge in [0.15, 0.2) is 9.84 Å². The first kappa shape index (κ1) is 16.9. The lowest BCUT2D eigenvalue weighted by Crippen LogP contribution is -2.19. The molecule has 1 aliphatic rings. The molecule has 0 saturated carbocycles. The van der Waals surface area contributed by atoms with Gasteiger partial charge >= 0.3 is 0 Å². The van der Waals surface area contributed by atoms with Crippen LogP contribution < -0.4 is 0 Å². The van der Waals surface area contributed by atoms with Gasteiger partial charge in [-0.1, -0.05) is 35.4 Å². The second-order valence-corrected chi connectivity index (χ2v) is 9.12.